The molecule has 0 amide bonds. The second-order valence-electron chi connectivity index (χ2n) is 5.03. The van der Waals surface area contributed by atoms with Gasteiger partial charge in [-0.3, -0.25) is 4.79 Å². The summed E-state index contributed by atoms with van der Waals surface area (Å²) >= 11 is 0. The molecule has 2 nitrogen and oxygen atoms in total. The number of halogens is 1. The van der Waals surface area contributed by atoms with E-state index in [9.17, 15) is 4.79 Å². The standard InChI is InChI=1S/C15H23NO.ClH/c1-5-14(17)15(2,11-12-16(3)4)13-9-7-6-8-10-13;/h6-10H,5,11-12H2,1-4H3;1H. The van der Waals surface area contributed by atoms with E-state index in [1.807, 2.05) is 39.2 Å². The zero-order chi connectivity index (χ0) is 12.9. The molecule has 0 aliphatic heterocycles. The Hall–Kier alpha value is -0.860. The quantitative estimate of drug-likeness (QED) is 0.790. The first kappa shape index (κ1) is 17.1. The Balaban J connectivity index is 0.00000289. The topological polar surface area (TPSA) is 20.3 Å². The second kappa shape index (κ2) is 7.55. The van der Waals surface area contributed by atoms with Gasteiger partial charge in [0.2, 0.25) is 0 Å². The summed E-state index contributed by atoms with van der Waals surface area (Å²) in [6, 6.07) is 10.1. The van der Waals surface area contributed by atoms with E-state index in [1.165, 1.54) is 0 Å². The molecule has 1 aromatic rings. The first-order valence-corrected chi connectivity index (χ1v) is 6.24. The van der Waals surface area contributed by atoms with Crippen LogP contribution in [0.25, 0.3) is 0 Å². The molecule has 0 fully saturated rings. The Kier molecular flexibility index (Phi) is 7.19. The van der Waals surface area contributed by atoms with Crippen molar-refractivity contribution >= 4 is 18.2 Å². The normalized spacial score (nSPS) is 13.8. The van der Waals surface area contributed by atoms with Crippen LogP contribution in [0.15, 0.2) is 30.3 Å². The molecule has 0 saturated carbocycles. The van der Waals surface area contributed by atoms with Gasteiger partial charge in [-0.1, -0.05) is 37.3 Å². The van der Waals surface area contributed by atoms with Gasteiger partial charge in [0.05, 0.1) is 5.41 Å². The molecule has 0 aromatic heterocycles. The summed E-state index contributed by atoms with van der Waals surface area (Å²) in [6.45, 7) is 4.94. The van der Waals surface area contributed by atoms with Crippen LogP contribution in [0.2, 0.25) is 0 Å². The Morgan fingerprint density at radius 1 is 1.22 bits per heavy atom. The number of Topliss-reactive ketones (excluding diaryl/α,β-unsaturated/α-hetero) is 1. The molecule has 0 aliphatic rings. The molecule has 1 unspecified atom stereocenters. The van der Waals surface area contributed by atoms with Crippen LogP contribution in [-0.2, 0) is 10.2 Å². The molecule has 3 heteroatoms. The van der Waals surface area contributed by atoms with E-state index in [0.29, 0.717) is 12.2 Å². The number of rotatable bonds is 6. The van der Waals surface area contributed by atoms with Gasteiger partial charge in [0.1, 0.15) is 5.78 Å². The maximum Gasteiger partial charge on any atom is 0.142 e. The zero-order valence-corrected chi connectivity index (χ0v) is 12.6. The number of hydrogen-bond donors (Lipinski definition) is 0. The van der Waals surface area contributed by atoms with Crippen LogP contribution in [0.1, 0.15) is 32.3 Å². The van der Waals surface area contributed by atoms with Gasteiger partial charge in [-0.25, -0.2) is 0 Å². The Bertz CT molecular complexity index is 364. The Labute approximate surface area is 117 Å². The maximum atomic E-state index is 12.2. The summed E-state index contributed by atoms with van der Waals surface area (Å²) < 4.78 is 0. The van der Waals surface area contributed by atoms with Crippen LogP contribution in [0.3, 0.4) is 0 Å². The van der Waals surface area contributed by atoms with Crippen LogP contribution < -0.4 is 0 Å². The van der Waals surface area contributed by atoms with E-state index in [4.69, 9.17) is 0 Å². The molecule has 0 heterocycles. The highest BCUT2D eigenvalue weighted by Crippen LogP contribution is 2.30. The fourth-order valence-electron chi connectivity index (χ4n) is 2.09. The minimum Gasteiger partial charge on any atom is -0.309 e. The fourth-order valence-corrected chi connectivity index (χ4v) is 2.09. The van der Waals surface area contributed by atoms with Gasteiger partial charge in [0, 0.05) is 6.42 Å². The van der Waals surface area contributed by atoms with Crippen LogP contribution in [0.4, 0.5) is 0 Å². The highest BCUT2D eigenvalue weighted by atomic mass is 35.5. The molecular weight excluding hydrogens is 246 g/mol. The number of hydrogen-bond acceptors (Lipinski definition) is 2. The molecule has 18 heavy (non-hydrogen) atoms. The van der Waals surface area contributed by atoms with Crippen molar-refractivity contribution in [2.75, 3.05) is 20.6 Å². The predicted octanol–water partition coefficient (Wildman–Crippen LogP) is 3.30. The van der Waals surface area contributed by atoms with Gasteiger partial charge in [-0.15, -0.1) is 12.4 Å². The van der Waals surface area contributed by atoms with Crippen LogP contribution in [-0.4, -0.2) is 31.3 Å². The van der Waals surface area contributed by atoms with Crippen molar-refractivity contribution in [2.45, 2.75) is 32.1 Å². The Morgan fingerprint density at radius 3 is 2.22 bits per heavy atom. The Morgan fingerprint density at radius 2 is 1.78 bits per heavy atom. The van der Waals surface area contributed by atoms with Crippen LogP contribution in [0.5, 0.6) is 0 Å². The molecule has 0 aliphatic carbocycles. The molecule has 1 aromatic carbocycles. The molecule has 1 rings (SSSR count). The number of carbonyl (C=O) groups excluding carboxylic acids is 1. The van der Waals surface area contributed by atoms with E-state index < -0.39 is 0 Å². The summed E-state index contributed by atoms with van der Waals surface area (Å²) in [4.78, 5) is 14.4. The second-order valence-corrected chi connectivity index (χ2v) is 5.03. The monoisotopic (exact) mass is 269 g/mol. The van der Waals surface area contributed by atoms with Gasteiger partial charge in [-0.05, 0) is 39.5 Å². The average molecular weight is 270 g/mol. The van der Waals surface area contributed by atoms with E-state index >= 15 is 0 Å². The molecule has 0 radical (unpaired) electrons. The van der Waals surface area contributed by atoms with Crippen molar-refractivity contribution in [1.29, 1.82) is 0 Å². The van der Waals surface area contributed by atoms with Crippen molar-refractivity contribution < 1.29 is 4.79 Å². The number of carbonyl (C=O) groups is 1. The average Bonchev–Trinajstić information content (AvgIpc) is 2.36. The van der Waals surface area contributed by atoms with Gasteiger partial charge in [0.15, 0.2) is 0 Å². The summed E-state index contributed by atoms with van der Waals surface area (Å²) in [5.74, 6) is 0.325. The molecule has 102 valence electrons. The highest BCUT2D eigenvalue weighted by Gasteiger charge is 2.33. The van der Waals surface area contributed by atoms with Crippen molar-refractivity contribution in [1.82, 2.24) is 4.90 Å². The SMILES string of the molecule is CCC(=O)C(C)(CCN(C)C)c1ccccc1.Cl. The van der Waals surface area contributed by atoms with Gasteiger partial charge < -0.3 is 4.90 Å². The van der Waals surface area contributed by atoms with Crippen molar-refractivity contribution in [3.63, 3.8) is 0 Å². The fraction of sp³-hybridized carbons (Fsp3) is 0.533. The number of ketones is 1. The third-order valence-corrected chi connectivity index (χ3v) is 3.41. The van der Waals surface area contributed by atoms with Crippen LogP contribution in [0, 0.1) is 0 Å². The van der Waals surface area contributed by atoms with E-state index in [0.717, 1.165) is 18.5 Å². The van der Waals surface area contributed by atoms with Crippen molar-refractivity contribution in [2.24, 2.45) is 0 Å². The minimum atomic E-state index is -0.347. The number of benzene rings is 1. The summed E-state index contributed by atoms with van der Waals surface area (Å²) in [5.41, 5.74) is 0.786. The largest absolute Gasteiger partial charge is 0.309 e. The summed E-state index contributed by atoms with van der Waals surface area (Å²) in [5, 5.41) is 0. The van der Waals surface area contributed by atoms with Gasteiger partial charge >= 0.3 is 0 Å². The first-order valence-electron chi connectivity index (χ1n) is 6.24. The van der Waals surface area contributed by atoms with E-state index in [1.54, 1.807) is 0 Å². The van der Waals surface area contributed by atoms with E-state index in [2.05, 4.69) is 24.0 Å². The lowest BCUT2D eigenvalue weighted by Gasteiger charge is -2.29. The molecule has 0 spiro atoms. The molecular formula is C15H24ClNO. The molecule has 0 saturated heterocycles. The van der Waals surface area contributed by atoms with Gasteiger partial charge in [-0.2, -0.15) is 0 Å². The lowest BCUT2D eigenvalue weighted by atomic mass is 9.75. The third kappa shape index (κ3) is 4.11. The maximum absolute atomic E-state index is 12.2. The zero-order valence-electron chi connectivity index (χ0n) is 11.8. The predicted molar refractivity (Wildman–Crippen MR) is 79.5 cm³/mol. The van der Waals surface area contributed by atoms with Crippen molar-refractivity contribution in [3.8, 4) is 0 Å². The molecule has 1 atom stereocenters. The molecule has 0 N–H and O–H groups in total. The highest BCUT2D eigenvalue weighted by molar-refractivity contribution is 5.89. The van der Waals surface area contributed by atoms with E-state index in [-0.39, 0.29) is 17.8 Å². The summed E-state index contributed by atoms with van der Waals surface area (Å²) in [6.07, 6.45) is 1.47. The third-order valence-electron chi connectivity index (χ3n) is 3.41. The first-order chi connectivity index (χ1) is 8.00. The lowest BCUT2D eigenvalue weighted by Crippen LogP contribution is -2.35. The minimum absolute atomic E-state index is 0. The van der Waals surface area contributed by atoms with Crippen molar-refractivity contribution in [3.05, 3.63) is 35.9 Å². The van der Waals surface area contributed by atoms with Gasteiger partial charge in [0.25, 0.3) is 0 Å². The number of nitrogens with zero attached hydrogens (tertiary/aromatic N) is 1. The smallest absolute Gasteiger partial charge is 0.142 e. The van der Waals surface area contributed by atoms with Crippen LogP contribution >= 0.6 is 12.4 Å². The summed E-state index contributed by atoms with van der Waals surface area (Å²) in [7, 11) is 4.09. The lowest BCUT2D eigenvalue weighted by molar-refractivity contribution is -0.124. The molecule has 0 bridgehead atoms.